The van der Waals surface area contributed by atoms with Crippen molar-refractivity contribution in [3.8, 4) is 0 Å². The molecule has 88 valence electrons. The van der Waals surface area contributed by atoms with E-state index in [1.165, 1.54) is 11.3 Å². The minimum atomic E-state index is -0.790. The largest absolute Gasteiger partial charge is 0.481 e. The average Bonchev–Trinajstić information content (AvgIpc) is 2.66. The Morgan fingerprint density at radius 3 is 3.00 bits per heavy atom. The van der Waals surface area contributed by atoms with E-state index < -0.39 is 5.97 Å². The maximum Gasteiger partial charge on any atom is 0.308 e. The first kappa shape index (κ1) is 11.5. The first-order valence-electron chi connectivity index (χ1n) is 5.47. The summed E-state index contributed by atoms with van der Waals surface area (Å²) in [6.07, 6.45) is 4.92. The zero-order valence-electron chi connectivity index (χ0n) is 9.02. The van der Waals surface area contributed by atoms with Crippen molar-refractivity contribution in [2.75, 3.05) is 13.2 Å². The predicted molar refractivity (Wildman–Crippen MR) is 60.7 cm³/mol. The number of aliphatic carboxylic acids is 1. The molecule has 0 saturated carbocycles. The van der Waals surface area contributed by atoms with Crippen molar-refractivity contribution < 1.29 is 14.6 Å². The third-order valence-corrected chi connectivity index (χ3v) is 3.75. The van der Waals surface area contributed by atoms with Crippen molar-refractivity contribution in [2.24, 2.45) is 5.92 Å². The molecule has 1 fully saturated rings. The molecule has 2 heterocycles. The van der Waals surface area contributed by atoms with Gasteiger partial charge in [0.1, 0.15) is 0 Å². The normalized spacial score (nSPS) is 17.5. The highest BCUT2D eigenvalue weighted by atomic mass is 32.1. The number of ether oxygens (including phenoxy) is 1. The van der Waals surface area contributed by atoms with Crippen LogP contribution in [0.3, 0.4) is 0 Å². The number of rotatable bonds is 4. The van der Waals surface area contributed by atoms with E-state index in [1.807, 2.05) is 0 Å². The summed E-state index contributed by atoms with van der Waals surface area (Å²) in [5.41, 5.74) is 0. The van der Waals surface area contributed by atoms with Gasteiger partial charge in [0, 0.05) is 30.7 Å². The van der Waals surface area contributed by atoms with Gasteiger partial charge in [0.2, 0.25) is 0 Å². The summed E-state index contributed by atoms with van der Waals surface area (Å²) in [7, 11) is 0. The molecule has 0 aromatic carbocycles. The Morgan fingerprint density at radius 1 is 1.56 bits per heavy atom. The Kier molecular flexibility index (Phi) is 3.90. The summed E-state index contributed by atoms with van der Waals surface area (Å²) in [5.74, 6) is -0.140. The van der Waals surface area contributed by atoms with E-state index in [-0.39, 0.29) is 6.42 Å². The highest BCUT2D eigenvalue weighted by Crippen LogP contribution is 2.23. The van der Waals surface area contributed by atoms with Crippen LogP contribution in [0, 0.1) is 5.92 Å². The van der Waals surface area contributed by atoms with Crippen LogP contribution in [-0.4, -0.2) is 29.3 Å². The fourth-order valence-electron chi connectivity index (χ4n) is 1.87. The first-order chi connectivity index (χ1) is 7.74. The first-order valence-corrected chi connectivity index (χ1v) is 6.29. The second-order valence-electron chi connectivity index (χ2n) is 4.05. The number of thiazole rings is 1. The quantitative estimate of drug-likeness (QED) is 0.872. The van der Waals surface area contributed by atoms with Crippen LogP contribution in [0.4, 0.5) is 0 Å². The number of hydrogen-bond acceptors (Lipinski definition) is 4. The van der Waals surface area contributed by atoms with Crippen LogP contribution in [0.1, 0.15) is 22.7 Å². The molecule has 0 aliphatic carbocycles. The third-order valence-electron chi connectivity index (χ3n) is 2.73. The van der Waals surface area contributed by atoms with E-state index in [9.17, 15) is 4.79 Å². The summed E-state index contributed by atoms with van der Waals surface area (Å²) >= 11 is 1.52. The molecule has 1 aliphatic rings. The smallest absolute Gasteiger partial charge is 0.308 e. The molecule has 0 unspecified atom stereocenters. The molecule has 1 saturated heterocycles. The van der Waals surface area contributed by atoms with Gasteiger partial charge >= 0.3 is 5.97 Å². The van der Waals surface area contributed by atoms with Crippen LogP contribution >= 0.6 is 11.3 Å². The van der Waals surface area contributed by atoms with Gasteiger partial charge in [0.15, 0.2) is 0 Å². The lowest BCUT2D eigenvalue weighted by molar-refractivity contribution is -0.136. The van der Waals surface area contributed by atoms with Crippen molar-refractivity contribution in [1.29, 1.82) is 0 Å². The van der Waals surface area contributed by atoms with Gasteiger partial charge in [0.25, 0.3) is 0 Å². The standard InChI is InChI=1S/C11H15NO3S/c13-11(14)6-9-7-12-10(16-9)5-8-1-3-15-4-2-8/h7-8H,1-6H2,(H,13,14). The lowest BCUT2D eigenvalue weighted by Crippen LogP contribution is -2.17. The maximum atomic E-state index is 10.5. The lowest BCUT2D eigenvalue weighted by atomic mass is 9.97. The molecule has 0 amide bonds. The summed E-state index contributed by atoms with van der Waals surface area (Å²) in [4.78, 5) is 15.7. The molecule has 1 aromatic rings. The van der Waals surface area contributed by atoms with Crippen LogP contribution in [0.25, 0.3) is 0 Å². The van der Waals surface area contributed by atoms with Gasteiger partial charge in [0.05, 0.1) is 11.4 Å². The van der Waals surface area contributed by atoms with Gasteiger partial charge in [-0.3, -0.25) is 4.79 Å². The van der Waals surface area contributed by atoms with Crippen LogP contribution in [0.15, 0.2) is 6.20 Å². The minimum Gasteiger partial charge on any atom is -0.481 e. The second-order valence-corrected chi connectivity index (χ2v) is 5.25. The van der Waals surface area contributed by atoms with Gasteiger partial charge in [-0.2, -0.15) is 0 Å². The number of aromatic nitrogens is 1. The third kappa shape index (κ3) is 3.28. The summed E-state index contributed by atoms with van der Waals surface area (Å²) in [6, 6.07) is 0. The van der Waals surface area contributed by atoms with E-state index in [2.05, 4.69) is 4.98 Å². The number of hydrogen-bond donors (Lipinski definition) is 1. The SMILES string of the molecule is O=C(O)Cc1cnc(CC2CCOCC2)s1. The summed E-state index contributed by atoms with van der Waals surface area (Å²) in [6.45, 7) is 1.69. The van der Waals surface area contributed by atoms with Crippen molar-refractivity contribution in [3.05, 3.63) is 16.1 Å². The average molecular weight is 241 g/mol. The topological polar surface area (TPSA) is 59.4 Å². The molecule has 16 heavy (non-hydrogen) atoms. The van der Waals surface area contributed by atoms with E-state index >= 15 is 0 Å². The Balaban J connectivity index is 1.88. The second kappa shape index (κ2) is 5.41. The van der Waals surface area contributed by atoms with Crippen molar-refractivity contribution in [2.45, 2.75) is 25.7 Å². The van der Waals surface area contributed by atoms with E-state index in [4.69, 9.17) is 9.84 Å². The monoisotopic (exact) mass is 241 g/mol. The molecule has 0 radical (unpaired) electrons. The highest BCUT2D eigenvalue weighted by Gasteiger charge is 2.16. The van der Waals surface area contributed by atoms with E-state index in [1.54, 1.807) is 6.20 Å². The molecule has 0 spiro atoms. The van der Waals surface area contributed by atoms with Gasteiger partial charge in [-0.1, -0.05) is 0 Å². The van der Waals surface area contributed by atoms with Crippen LogP contribution in [-0.2, 0) is 22.4 Å². The molecule has 2 rings (SSSR count). The summed E-state index contributed by atoms with van der Waals surface area (Å²) in [5, 5.41) is 9.72. The molecule has 4 nitrogen and oxygen atoms in total. The molecular weight excluding hydrogens is 226 g/mol. The molecular formula is C11H15NO3S. The molecule has 1 aromatic heterocycles. The zero-order chi connectivity index (χ0) is 11.4. The van der Waals surface area contributed by atoms with Gasteiger partial charge in [-0.25, -0.2) is 4.98 Å². The number of carbonyl (C=O) groups is 1. The molecule has 1 N–H and O–H groups in total. The van der Waals surface area contributed by atoms with Gasteiger partial charge < -0.3 is 9.84 Å². The fraction of sp³-hybridized carbons (Fsp3) is 0.636. The van der Waals surface area contributed by atoms with Gasteiger partial charge in [-0.05, 0) is 18.8 Å². The van der Waals surface area contributed by atoms with Crippen molar-refractivity contribution in [1.82, 2.24) is 4.98 Å². The molecule has 5 heteroatoms. The molecule has 1 aliphatic heterocycles. The Bertz CT molecular complexity index is 358. The van der Waals surface area contributed by atoms with Crippen LogP contribution in [0.2, 0.25) is 0 Å². The number of carboxylic acid groups (broad SMARTS) is 1. The molecule has 0 bridgehead atoms. The zero-order valence-corrected chi connectivity index (χ0v) is 9.83. The Hall–Kier alpha value is -0.940. The van der Waals surface area contributed by atoms with Crippen molar-refractivity contribution >= 4 is 17.3 Å². The number of carboxylic acids is 1. The molecule has 0 atom stereocenters. The summed E-state index contributed by atoms with van der Waals surface area (Å²) < 4.78 is 5.30. The highest BCUT2D eigenvalue weighted by molar-refractivity contribution is 7.11. The predicted octanol–water partition coefficient (Wildman–Crippen LogP) is 1.74. The van der Waals surface area contributed by atoms with E-state index in [0.717, 1.165) is 42.4 Å². The number of nitrogens with zero attached hydrogens (tertiary/aromatic N) is 1. The minimum absolute atomic E-state index is 0.0887. The Labute approximate surface area is 98.3 Å². The Morgan fingerprint density at radius 2 is 2.31 bits per heavy atom. The maximum absolute atomic E-state index is 10.5. The van der Waals surface area contributed by atoms with Crippen LogP contribution in [0.5, 0.6) is 0 Å². The van der Waals surface area contributed by atoms with Gasteiger partial charge in [-0.15, -0.1) is 11.3 Å². The fourth-order valence-corrected chi connectivity index (χ4v) is 2.90. The van der Waals surface area contributed by atoms with Crippen LogP contribution < -0.4 is 0 Å². The van der Waals surface area contributed by atoms with E-state index in [0.29, 0.717) is 5.92 Å². The van der Waals surface area contributed by atoms with Crippen molar-refractivity contribution in [3.63, 3.8) is 0 Å². The lowest BCUT2D eigenvalue weighted by Gasteiger charge is -2.20.